The molecule has 0 aliphatic rings. The Bertz CT molecular complexity index is 301. The summed E-state index contributed by atoms with van der Waals surface area (Å²) in [7, 11) is 0. The van der Waals surface area contributed by atoms with Gasteiger partial charge in [0.25, 0.3) is 0 Å². The van der Waals surface area contributed by atoms with Crippen LogP contribution in [0.1, 0.15) is 19.0 Å². The second kappa shape index (κ2) is 4.45. The van der Waals surface area contributed by atoms with E-state index in [1.54, 1.807) is 0 Å². The van der Waals surface area contributed by atoms with Gasteiger partial charge in [-0.05, 0) is 19.1 Å². The zero-order chi connectivity index (χ0) is 9.68. The average Bonchev–Trinajstić information content (AvgIpc) is 2.55. The first-order chi connectivity index (χ1) is 6.20. The number of rotatable bonds is 4. The van der Waals surface area contributed by atoms with Crippen LogP contribution < -0.4 is 0 Å². The summed E-state index contributed by atoms with van der Waals surface area (Å²) in [6, 6.07) is 3.78. The minimum atomic E-state index is -0.817. The van der Waals surface area contributed by atoms with Crippen LogP contribution in [0.3, 0.4) is 0 Å². The van der Waals surface area contributed by atoms with Crippen LogP contribution in [-0.2, 0) is 4.79 Å². The largest absolute Gasteiger partial charge is 0.481 e. The van der Waals surface area contributed by atoms with E-state index < -0.39 is 5.97 Å². The molecule has 4 nitrogen and oxygen atoms in total. The first kappa shape index (κ1) is 9.51. The van der Waals surface area contributed by atoms with Gasteiger partial charge in [0.05, 0.1) is 17.8 Å². The van der Waals surface area contributed by atoms with E-state index in [4.69, 9.17) is 5.11 Å². The quantitative estimate of drug-likeness (QED) is 0.686. The number of aliphatic imine (C=N–C) groups is 1. The molecule has 0 aromatic carbocycles. The lowest BCUT2D eigenvalue weighted by Gasteiger charge is -1.95. The van der Waals surface area contributed by atoms with Crippen LogP contribution in [0.4, 0.5) is 0 Å². The van der Waals surface area contributed by atoms with Crippen LogP contribution in [-0.4, -0.2) is 28.3 Å². The van der Waals surface area contributed by atoms with Gasteiger partial charge in [0, 0.05) is 12.7 Å². The number of H-pyrrole nitrogens is 1. The lowest BCUT2D eigenvalue weighted by molar-refractivity contribution is -0.136. The average molecular weight is 180 g/mol. The van der Waals surface area contributed by atoms with Gasteiger partial charge in [-0.15, -0.1) is 0 Å². The van der Waals surface area contributed by atoms with E-state index in [1.807, 2.05) is 25.3 Å². The van der Waals surface area contributed by atoms with E-state index in [0.29, 0.717) is 6.54 Å². The minimum absolute atomic E-state index is 0.0814. The Kier molecular flexibility index (Phi) is 3.25. The second-order valence-electron chi connectivity index (χ2n) is 2.69. The topological polar surface area (TPSA) is 65.4 Å². The maximum absolute atomic E-state index is 10.2. The van der Waals surface area contributed by atoms with Gasteiger partial charge in [-0.25, -0.2) is 0 Å². The number of aromatic nitrogens is 1. The van der Waals surface area contributed by atoms with Crippen LogP contribution in [0.25, 0.3) is 0 Å². The molecule has 1 heterocycles. The molecule has 0 aliphatic carbocycles. The molecule has 0 bridgehead atoms. The number of carbonyl (C=O) groups is 1. The maximum Gasteiger partial charge on any atom is 0.305 e. The lowest BCUT2D eigenvalue weighted by Crippen LogP contribution is -2.01. The van der Waals surface area contributed by atoms with Crippen molar-refractivity contribution in [2.75, 3.05) is 6.54 Å². The van der Waals surface area contributed by atoms with E-state index in [2.05, 4.69) is 9.98 Å². The molecule has 4 heteroatoms. The maximum atomic E-state index is 10.2. The normalized spacial score (nSPS) is 11.6. The van der Waals surface area contributed by atoms with Crippen molar-refractivity contribution >= 4 is 11.7 Å². The fourth-order valence-corrected chi connectivity index (χ4v) is 0.960. The molecule has 0 saturated heterocycles. The molecule has 2 N–H and O–H groups in total. The highest BCUT2D eigenvalue weighted by atomic mass is 16.4. The molecular weight excluding hydrogens is 168 g/mol. The molecule has 1 rings (SSSR count). The van der Waals surface area contributed by atoms with E-state index in [1.165, 1.54) is 0 Å². The van der Waals surface area contributed by atoms with Crippen LogP contribution in [0, 0.1) is 0 Å². The van der Waals surface area contributed by atoms with Crippen molar-refractivity contribution in [3.8, 4) is 0 Å². The predicted octanol–water partition coefficient (Wildman–Crippen LogP) is 1.30. The summed E-state index contributed by atoms with van der Waals surface area (Å²) in [4.78, 5) is 17.3. The first-order valence-corrected chi connectivity index (χ1v) is 4.07. The molecule has 0 fully saturated rings. The molecule has 0 saturated carbocycles. The number of nitrogens with zero attached hydrogens (tertiary/aromatic N) is 1. The van der Waals surface area contributed by atoms with Crippen LogP contribution in [0.2, 0.25) is 0 Å². The minimum Gasteiger partial charge on any atom is -0.481 e. The summed E-state index contributed by atoms with van der Waals surface area (Å²) < 4.78 is 0. The standard InChI is InChI=1S/C9H12N2O2/c1-7(8-3-2-5-11-8)10-6-4-9(12)13/h2-3,5,11H,4,6H2,1H3,(H,12,13)/b10-7+. The predicted molar refractivity (Wildman–Crippen MR) is 50.1 cm³/mol. The fraction of sp³-hybridized carbons (Fsp3) is 0.333. The van der Waals surface area contributed by atoms with Crippen molar-refractivity contribution in [2.45, 2.75) is 13.3 Å². The van der Waals surface area contributed by atoms with Crippen molar-refractivity contribution in [3.05, 3.63) is 24.0 Å². The third-order valence-corrected chi connectivity index (χ3v) is 1.66. The van der Waals surface area contributed by atoms with Crippen LogP contribution in [0.5, 0.6) is 0 Å². The van der Waals surface area contributed by atoms with Gasteiger partial charge in [0.1, 0.15) is 0 Å². The third-order valence-electron chi connectivity index (χ3n) is 1.66. The Hall–Kier alpha value is -1.58. The summed E-state index contributed by atoms with van der Waals surface area (Å²) in [5, 5.41) is 8.38. The Balaban J connectivity index is 2.48. The Morgan fingerprint density at radius 3 is 3.00 bits per heavy atom. The molecule has 1 aromatic heterocycles. The highest BCUT2D eigenvalue weighted by Gasteiger charge is 1.97. The van der Waals surface area contributed by atoms with Crippen molar-refractivity contribution in [1.29, 1.82) is 0 Å². The van der Waals surface area contributed by atoms with Crippen LogP contribution >= 0.6 is 0 Å². The van der Waals surface area contributed by atoms with Gasteiger partial charge < -0.3 is 10.1 Å². The molecule has 1 aromatic rings. The molecule has 0 amide bonds. The zero-order valence-electron chi connectivity index (χ0n) is 7.45. The second-order valence-corrected chi connectivity index (χ2v) is 2.69. The zero-order valence-corrected chi connectivity index (χ0v) is 7.45. The summed E-state index contributed by atoms with van der Waals surface area (Å²) in [5.74, 6) is -0.817. The molecule has 0 unspecified atom stereocenters. The number of carboxylic acid groups (broad SMARTS) is 1. The van der Waals surface area contributed by atoms with Gasteiger partial charge in [-0.1, -0.05) is 0 Å². The number of hydrogen-bond donors (Lipinski definition) is 2. The number of nitrogens with one attached hydrogen (secondary N) is 1. The third kappa shape index (κ3) is 3.11. The molecule has 13 heavy (non-hydrogen) atoms. The molecule has 0 atom stereocenters. The summed E-state index contributed by atoms with van der Waals surface area (Å²) >= 11 is 0. The van der Waals surface area contributed by atoms with Gasteiger partial charge in [-0.3, -0.25) is 9.79 Å². The summed E-state index contributed by atoms with van der Waals surface area (Å²) in [5.41, 5.74) is 1.77. The SMILES string of the molecule is C/C(=N\CCC(=O)O)c1ccc[nH]1. The van der Waals surface area contributed by atoms with Gasteiger partial charge in [0.15, 0.2) is 0 Å². The number of hydrogen-bond acceptors (Lipinski definition) is 2. The fourth-order valence-electron chi connectivity index (χ4n) is 0.960. The van der Waals surface area contributed by atoms with Crippen LogP contribution in [0.15, 0.2) is 23.3 Å². The monoisotopic (exact) mass is 180 g/mol. The number of aliphatic carboxylic acids is 1. The van der Waals surface area contributed by atoms with Crippen molar-refractivity contribution < 1.29 is 9.90 Å². The van der Waals surface area contributed by atoms with Gasteiger partial charge in [0.2, 0.25) is 0 Å². The van der Waals surface area contributed by atoms with E-state index in [-0.39, 0.29) is 6.42 Å². The molecule has 70 valence electrons. The molecule has 0 aliphatic heterocycles. The van der Waals surface area contributed by atoms with Crippen molar-refractivity contribution in [2.24, 2.45) is 4.99 Å². The smallest absolute Gasteiger partial charge is 0.305 e. The highest BCUT2D eigenvalue weighted by Crippen LogP contribution is 1.97. The van der Waals surface area contributed by atoms with E-state index in [9.17, 15) is 4.79 Å². The Labute approximate surface area is 76.3 Å². The molecule has 0 spiro atoms. The van der Waals surface area contributed by atoms with Gasteiger partial charge in [-0.2, -0.15) is 0 Å². The van der Waals surface area contributed by atoms with E-state index >= 15 is 0 Å². The summed E-state index contributed by atoms with van der Waals surface area (Å²) in [6.45, 7) is 2.19. The Morgan fingerprint density at radius 1 is 1.69 bits per heavy atom. The number of aromatic amines is 1. The van der Waals surface area contributed by atoms with Gasteiger partial charge >= 0.3 is 5.97 Å². The summed E-state index contributed by atoms with van der Waals surface area (Å²) in [6.07, 6.45) is 1.89. The molecular formula is C9H12N2O2. The molecule has 0 radical (unpaired) electrons. The van der Waals surface area contributed by atoms with Crippen molar-refractivity contribution in [1.82, 2.24) is 4.98 Å². The lowest BCUT2D eigenvalue weighted by atomic mass is 10.3. The van der Waals surface area contributed by atoms with Crippen molar-refractivity contribution in [3.63, 3.8) is 0 Å². The Morgan fingerprint density at radius 2 is 2.46 bits per heavy atom. The highest BCUT2D eigenvalue weighted by molar-refractivity contribution is 5.97. The first-order valence-electron chi connectivity index (χ1n) is 4.07. The number of carboxylic acids is 1. The van der Waals surface area contributed by atoms with E-state index in [0.717, 1.165) is 11.4 Å².